The summed E-state index contributed by atoms with van der Waals surface area (Å²) in [5.74, 6) is -0.821. The highest BCUT2D eigenvalue weighted by atomic mass is 19.3. The van der Waals surface area contributed by atoms with Crippen LogP contribution in [-0.4, -0.2) is 32.8 Å². The van der Waals surface area contributed by atoms with Gasteiger partial charge in [0.15, 0.2) is 0 Å². The highest BCUT2D eigenvalue weighted by molar-refractivity contribution is 5.99. The zero-order valence-electron chi connectivity index (χ0n) is 9.75. The fraction of sp³-hybridized carbons (Fsp3) is 0.364. The maximum atomic E-state index is 12.8. The molecule has 1 aromatic carbocycles. The molecule has 0 saturated carbocycles. The Hall–Kier alpha value is -1.92. The van der Waals surface area contributed by atoms with Crippen molar-refractivity contribution in [3.05, 3.63) is 23.8 Å². The molecule has 0 radical (unpaired) electrons. The molecule has 0 fully saturated rings. The van der Waals surface area contributed by atoms with E-state index in [4.69, 9.17) is 9.47 Å². The van der Waals surface area contributed by atoms with Crippen molar-refractivity contribution in [1.29, 1.82) is 0 Å². The molecule has 7 heteroatoms. The minimum atomic E-state index is -3.30. The van der Waals surface area contributed by atoms with E-state index in [-0.39, 0.29) is 17.1 Å². The lowest BCUT2D eigenvalue weighted by Gasteiger charge is -2.14. The predicted octanol–water partition coefficient (Wildman–Crippen LogP) is 1.99. The van der Waals surface area contributed by atoms with Crippen molar-refractivity contribution in [2.24, 2.45) is 0 Å². The second-order valence-corrected chi connectivity index (χ2v) is 3.25. The van der Waals surface area contributed by atoms with Crippen molar-refractivity contribution in [3.8, 4) is 11.5 Å². The summed E-state index contributed by atoms with van der Waals surface area (Å²) in [4.78, 5) is 11.7. The Bertz CT molecular complexity index is 404. The van der Waals surface area contributed by atoms with E-state index in [1.54, 1.807) is 6.07 Å². The highest BCUT2D eigenvalue weighted by Crippen LogP contribution is 2.28. The van der Waals surface area contributed by atoms with E-state index in [9.17, 15) is 18.0 Å². The third kappa shape index (κ3) is 3.06. The van der Waals surface area contributed by atoms with Crippen LogP contribution in [0.1, 0.15) is 10.4 Å². The Morgan fingerprint density at radius 3 is 2.06 bits per heavy atom. The first-order valence-electron chi connectivity index (χ1n) is 4.95. The number of carbonyl (C=O) groups excluding carboxylic acids is 1. The van der Waals surface area contributed by atoms with E-state index in [1.807, 2.05) is 0 Å². The first kappa shape index (κ1) is 14.1. The van der Waals surface area contributed by atoms with Crippen LogP contribution in [0.5, 0.6) is 11.5 Å². The van der Waals surface area contributed by atoms with E-state index in [2.05, 4.69) is 0 Å². The number of carbonyl (C=O) groups is 1. The summed E-state index contributed by atoms with van der Waals surface area (Å²) in [5, 5.41) is 1.53. The van der Waals surface area contributed by atoms with E-state index in [0.717, 1.165) is 0 Å². The van der Waals surface area contributed by atoms with Gasteiger partial charge in [-0.2, -0.15) is 0 Å². The van der Waals surface area contributed by atoms with Crippen LogP contribution in [0, 0.1) is 0 Å². The molecule has 1 amide bonds. The van der Waals surface area contributed by atoms with Gasteiger partial charge in [-0.15, -0.1) is 0 Å². The van der Waals surface area contributed by atoms with Crippen molar-refractivity contribution in [3.63, 3.8) is 0 Å². The molecule has 0 saturated heterocycles. The molecule has 1 atom stereocenters. The van der Waals surface area contributed by atoms with Crippen LogP contribution in [0.2, 0.25) is 0 Å². The molecule has 0 aliphatic heterocycles. The second-order valence-electron chi connectivity index (χ2n) is 3.25. The van der Waals surface area contributed by atoms with Gasteiger partial charge in [0.1, 0.15) is 17.1 Å². The maximum Gasteiger partial charge on any atom is 0.287 e. The van der Waals surface area contributed by atoms with Gasteiger partial charge in [0, 0.05) is 0 Å². The number of hydrogen-bond donors (Lipinski definition) is 1. The molecule has 0 aliphatic carbocycles. The number of halogens is 3. The lowest BCUT2D eigenvalue weighted by molar-refractivity contribution is 0.0285. The topological polar surface area (TPSA) is 47.6 Å². The van der Waals surface area contributed by atoms with Crippen LogP contribution in [0.15, 0.2) is 18.2 Å². The molecule has 0 heterocycles. The zero-order chi connectivity index (χ0) is 13.7. The monoisotopic (exact) mass is 263 g/mol. The van der Waals surface area contributed by atoms with Crippen molar-refractivity contribution in [2.45, 2.75) is 12.7 Å². The van der Waals surface area contributed by atoms with Crippen LogP contribution in [-0.2, 0) is 0 Å². The average Bonchev–Trinajstić information content (AvgIpc) is 2.37. The molecule has 0 bridgehead atoms. The molecule has 0 spiro atoms. The third-order valence-electron chi connectivity index (χ3n) is 2.15. The lowest BCUT2D eigenvalue weighted by atomic mass is 10.1. The SMILES string of the molecule is COc1cccc(OC)c1C(=O)NC(F)C(F)F. The van der Waals surface area contributed by atoms with Crippen LogP contribution >= 0.6 is 0 Å². The van der Waals surface area contributed by atoms with Gasteiger partial charge in [-0.05, 0) is 12.1 Å². The van der Waals surface area contributed by atoms with Crippen molar-refractivity contribution < 1.29 is 27.4 Å². The number of hydrogen-bond acceptors (Lipinski definition) is 3. The smallest absolute Gasteiger partial charge is 0.287 e. The lowest BCUT2D eigenvalue weighted by Crippen LogP contribution is -2.36. The number of methoxy groups -OCH3 is 2. The summed E-state index contributed by atoms with van der Waals surface area (Å²) in [5.41, 5.74) is -0.134. The molecule has 1 rings (SSSR count). The normalized spacial score (nSPS) is 12.1. The molecular weight excluding hydrogens is 251 g/mol. The molecule has 18 heavy (non-hydrogen) atoms. The first-order valence-corrected chi connectivity index (χ1v) is 4.95. The highest BCUT2D eigenvalue weighted by Gasteiger charge is 2.25. The third-order valence-corrected chi connectivity index (χ3v) is 2.15. The van der Waals surface area contributed by atoms with Crippen LogP contribution in [0.4, 0.5) is 13.2 Å². The van der Waals surface area contributed by atoms with Crippen LogP contribution in [0.3, 0.4) is 0 Å². The zero-order valence-corrected chi connectivity index (χ0v) is 9.75. The second kappa shape index (κ2) is 6.13. The Balaban J connectivity index is 3.03. The van der Waals surface area contributed by atoms with E-state index < -0.39 is 18.6 Å². The van der Waals surface area contributed by atoms with Crippen molar-refractivity contribution in [1.82, 2.24) is 5.32 Å². The number of nitrogens with one attached hydrogen (secondary N) is 1. The standard InChI is InChI=1S/C11H12F3NO3/c1-17-6-4-3-5-7(18-2)8(6)11(16)15-10(14)9(12)13/h3-5,9-10H,1-2H3,(H,15,16). The van der Waals surface area contributed by atoms with Gasteiger partial charge >= 0.3 is 0 Å². The van der Waals surface area contributed by atoms with Crippen molar-refractivity contribution >= 4 is 5.91 Å². The minimum absolute atomic E-state index is 0.105. The van der Waals surface area contributed by atoms with E-state index in [1.165, 1.54) is 31.7 Å². The molecular formula is C11H12F3NO3. The fourth-order valence-corrected chi connectivity index (χ4v) is 1.34. The number of rotatable bonds is 5. The maximum absolute atomic E-state index is 12.8. The number of ether oxygens (including phenoxy) is 2. The van der Waals surface area contributed by atoms with Gasteiger partial charge in [0.25, 0.3) is 12.3 Å². The van der Waals surface area contributed by atoms with Gasteiger partial charge in [-0.25, -0.2) is 13.2 Å². The molecule has 100 valence electrons. The van der Waals surface area contributed by atoms with Gasteiger partial charge in [-0.1, -0.05) is 6.07 Å². The summed E-state index contributed by atoms with van der Waals surface area (Å²) >= 11 is 0. The number of alkyl halides is 3. The molecule has 1 aromatic rings. The Labute approximate surface area is 102 Å². The van der Waals surface area contributed by atoms with Gasteiger partial charge in [0.2, 0.25) is 6.30 Å². The average molecular weight is 263 g/mol. The predicted molar refractivity (Wildman–Crippen MR) is 57.9 cm³/mol. The number of amides is 1. The van der Waals surface area contributed by atoms with Gasteiger partial charge < -0.3 is 14.8 Å². The van der Waals surface area contributed by atoms with Crippen molar-refractivity contribution in [2.75, 3.05) is 14.2 Å². The van der Waals surface area contributed by atoms with Gasteiger partial charge in [0.05, 0.1) is 14.2 Å². The summed E-state index contributed by atoms with van der Waals surface area (Å²) in [6.07, 6.45) is -6.04. The molecule has 4 nitrogen and oxygen atoms in total. The minimum Gasteiger partial charge on any atom is -0.496 e. The van der Waals surface area contributed by atoms with E-state index in [0.29, 0.717) is 0 Å². The van der Waals surface area contributed by atoms with Gasteiger partial charge in [-0.3, -0.25) is 4.79 Å². The largest absolute Gasteiger partial charge is 0.496 e. The Kier molecular flexibility index (Phi) is 4.82. The first-order chi connectivity index (χ1) is 8.51. The summed E-state index contributed by atoms with van der Waals surface area (Å²) in [6.45, 7) is 0. The van der Waals surface area contributed by atoms with Crippen LogP contribution in [0.25, 0.3) is 0 Å². The molecule has 1 N–H and O–H groups in total. The van der Waals surface area contributed by atoms with E-state index >= 15 is 0 Å². The Morgan fingerprint density at radius 1 is 1.17 bits per heavy atom. The molecule has 0 aromatic heterocycles. The summed E-state index contributed by atoms with van der Waals surface area (Å²) in [7, 11) is 2.59. The quantitative estimate of drug-likeness (QED) is 0.826. The summed E-state index contributed by atoms with van der Waals surface area (Å²) in [6, 6.07) is 4.43. The fourth-order valence-electron chi connectivity index (χ4n) is 1.34. The summed E-state index contributed by atoms with van der Waals surface area (Å²) < 4.78 is 46.6. The van der Waals surface area contributed by atoms with Crippen LogP contribution < -0.4 is 14.8 Å². The molecule has 1 unspecified atom stereocenters. The molecule has 0 aliphatic rings. The number of benzene rings is 1. The Morgan fingerprint density at radius 2 is 1.67 bits per heavy atom.